The quantitative estimate of drug-likeness (QED) is 0.463. The Labute approximate surface area is 202 Å². The first-order valence-corrected chi connectivity index (χ1v) is 39.8. The normalized spacial score (nSPS) is 24.8. The molecule has 0 saturated carbocycles. The van der Waals surface area contributed by atoms with Crippen LogP contribution in [-0.4, -0.2) is 21.8 Å². The molecule has 0 saturated heterocycles. The number of fused-ring (bicyclic) bond motifs is 3. The molecule has 2 aromatic carbocycles. The molecule has 4 rings (SSSR count). The summed E-state index contributed by atoms with van der Waals surface area (Å²) in [5.41, 5.74) is 4.57. The van der Waals surface area contributed by atoms with Crippen molar-refractivity contribution < 1.29 is 36.4 Å². The van der Waals surface area contributed by atoms with Gasteiger partial charge in [-0.1, -0.05) is 0 Å². The molecule has 0 amide bonds. The van der Waals surface area contributed by atoms with Crippen molar-refractivity contribution in [2.45, 2.75) is 51.5 Å². The molecule has 0 N–H and O–H groups in total. The second-order valence-electron chi connectivity index (χ2n) is 17.4. The van der Waals surface area contributed by atoms with Crippen molar-refractivity contribution >= 4 is 38.7 Å². The first-order chi connectivity index (χ1) is 13.2. The van der Waals surface area contributed by atoms with Gasteiger partial charge in [-0.15, -0.1) is 0 Å². The standard InChI is InChI=1S/C13H9.C9H15Si.4CH3.2ClH.2H2Si.Zr/c1-2-6-12-10(4-1)8-9-11-5-3-7-13(11)12;1-10(2,3)8-9-6-4-5-7-9;;;;;;;;;/h1-9H;4-7H,8H2,1-3H3;4*1H3;2*1H;2*1H2;/p-2. The van der Waals surface area contributed by atoms with E-state index in [2.05, 4.69) is 119 Å². The third-order valence-electron chi connectivity index (χ3n) is 8.30. The molecule has 0 aromatic heterocycles. The zero-order valence-corrected chi connectivity index (χ0v) is 28.7. The van der Waals surface area contributed by atoms with Gasteiger partial charge in [-0.05, 0) is 0 Å². The van der Waals surface area contributed by atoms with E-state index in [1.807, 2.05) is 0 Å². The summed E-state index contributed by atoms with van der Waals surface area (Å²) in [6.07, 6.45) is 12.7. The van der Waals surface area contributed by atoms with Gasteiger partial charge in [0, 0.05) is 0 Å². The second-order valence-corrected chi connectivity index (χ2v) is 127. The minimum Gasteiger partial charge on any atom is -1.00 e. The fourth-order valence-electron chi connectivity index (χ4n) is 6.16. The van der Waals surface area contributed by atoms with E-state index in [0.29, 0.717) is 7.25 Å². The van der Waals surface area contributed by atoms with Gasteiger partial charge in [-0.25, -0.2) is 0 Å². The Kier molecular flexibility index (Phi) is 5.50. The molecule has 2 atom stereocenters. The first-order valence-electron chi connectivity index (χ1n) is 11.6. The van der Waals surface area contributed by atoms with Crippen LogP contribution in [0.15, 0.2) is 66.3 Å². The molecule has 2 aromatic rings. The number of hydrogen-bond donors (Lipinski definition) is 0. The topological polar surface area (TPSA) is 0 Å². The molecule has 0 bridgehead atoms. The molecule has 176 valence electrons. The molecule has 32 heavy (non-hydrogen) atoms. The maximum atomic E-state index is 2.73. The van der Waals surface area contributed by atoms with E-state index < -0.39 is 19.6 Å². The fraction of sp³-hybridized carbons (Fsp3) is 0.385. The van der Waals surface area contributed by atoms with Crippen LogP contribution in [-0.2, 0) is 11.6 Å². The summed E-state index contributed by atoms with van der Waals surface area (Å²) in [6, 6.07) is 14.9. The number of rotatable bonds is 4. The smallest absolute Gasteiger partial charge is 1.00 e. The second kappa shape index (κ2) is 6.23. The third kappa shape index (κ3) is 4.50. The summed E-state index contributed by atoms with van der Waals surface area (Å²) in [5.74, 6) is 0. The van der Waals surface area contributed by atoms with Gasteiger partial charge in [0.1, 0.15) is 0 Å². The minimum atomic E-state index is -4.77. The van der Waals surface area contributed by atoms with Gasteiger partial charge in [0.15, 0.2) is 0 Å². The van der Waals surface area contributed by atoms with Crippen molar-refractivity contribution in [3.8, 4) is 0 Å². The third-order valence-corrected chi connectivity index (χ3v) is 41.7. The SMILES string of the molecule is C[Si](C)(C)CC1=C[CH]([Zr]([CH3])([CH3])([CH3])([CH3])(=[SiH2])(=[SiH2])[CH]2C=Cc3c2ccc2ccccc32)C=C1.[Cl-].[Cl-]. The Morgan fingerprint density at radius 3 is 2.09 bits per heavy atom. The van der Waals surface area contributed by atoms with Crippen molar-refractivity contribution in [2.75, 3.05) is 0 Å². The Morgan fingerprint density at radius 2 is 1.47 bits per heavy atom. The van der Waals surface area contributed by atoms with Crippen LogP contribution in [0, 0.1) is 0 Å². The monoisotopic (exact) mass is 596 g/mol. The van der Waals surface area contributed by atoms with E-state index in [0.717, 1.165) is 0 Å². The van der Waals surface area contributed by atoms with Crippen LogP contribution in [0.5, 0.6) is 0 Å². The van der Waals surface area contributed by atoms with E-state index in [9.17, 15) is 0 Å². The molecule has 0 nitrogen and oxygen atoms in total. The molecule has 6 heteroatoms. The van der Waals surface area contributed by atoms with Gasteiger partial charge in [0.2, 0.25) is 0 Å². The number of allylic oxidation sites excluding steroid dienone is 5. The van der Waals surface area contributed by atoms with Gasteiger partial charge in [-0.3, -0.25) is 0 Å². The molecule has 0 aliphatic heterocycles. The van der Waals surface area contributed by atoms with Crippen molar-refractivity contribution in [2.24, 2.45) is 0 Å². The Balaban J connectivity index is 0.00000181. The van der Waals surface area contributed by atoms with Crippen LogP contribution in [0.4, 0.5) is 0 Å². The van der Waals surface area contributed by atoms with E-state index in [4.69, 9.17) is 0 Å². The van der Waals surface area contributed by atoms with Crippen LogP contribution >= 0.6 is 0 Å². The summed E-state index contributed by atoms with van der Waals surface area (Å²) >= 11 is -4.77. The largest absolute Gasteiger partial charge is 1.00 e. The van der Waals surface area contributed by atoms with Crippen molar-refractivity contribution in [3.63, 3.8) is 0 Å². The average molecular weight is 599 g/mol. The average Bonchev–Trinajstić information content (AvgIpc) is 3.20. The van der Waals surface area contributed by atoms with Crippen molar-refractivity contribution in [1.82, 2.24) is 0 Å². The predicted octanol–water partition coefficient (Wildman–Crippen LogP) is 1.12. The van der Waals surface area contributed by atoms with Crippen molar-refractivity contribution in [3.05, 3.63) is 77.4 Å². The molecule has 0 fully saturated rings. The molecule has 2 unspecified atom stereocenters. The maximum Gasteiger partial charge on any atom is -1.00 e. The van der Waals surface area contributed by atoms with Crippen LogP contribution in [0.3, 0.4) is 0 Å². The minimum absolute atomic E-state index is 0. The predicted molar refractivity (Wildman–Crippen MR) is 145 cm³/mol. The van der Waals surface area contributed by atoms with Gasteiger partial charge >= 0.3 is 179 Å². The summed E-state index contributed by atoms with van der Waals surface area (Å²) in [6.45, 7) is 12.3. The van der Waals surface area contributed by atoms with E-state index in [1.165, 1.54) is 22.4 Å². The molecular weight excluding hydrogens is 559 g/mol. The number of benzene rings is 2. The number of halogens is 2. The zero-order chi connectivity index (χ0) is 22.4. The van der Waals surface area contributed by atoms with Crippen LogP contribution in [0.25, 0.3) is 16.8 Å². The van der Waals surface area contributed by atoms with E-state index in [-0.39, 0.29) is 24.8 Å². The molecule has 2 aliphatic rings. The molecule has 0 heterocycles. The van der Waals surface area contributed by atoms with Gasteiger partial charge in [0.25, 0.3) is 0 Å². The number of hydrogen-bond acceptors (Lipinski definition) is 0. The Bertz CT molecular complexity index is 1470. The molecule has 2 aliphatic carbocycles. The summed E-state index contributed by atoms with van der Waals surface area (Å²) in [5, 5.41) is 2.74. The van der Waals surface area contributed by atoms with Crippen LogP contribution in [0.2, 0.25) is 47.8 Å². The molecular formula is C26H40Cl2Si3Zr-2. The first kappa shape index (κ1) is 28.3. The van der Waals surface area contributed by atoms with E-state index in [1.54, 1.807) is 11.1 Å². The van der Waals surface area contributed by atoms with Gasteiger partial charge in [-0.2, -0.15) is 0 Å². The zero-order valence-electron chi connectivity index (χ0n) is 20.9. The van der Waals surface area contributed by atoms with E-state index >= 15 is 0 Å². The summed E-state index contributed by atoms with van der Waals surface area (Å²) in [7, 11) is -1.14. The fourth-order valence-corrected chi connectivity index (χ4v) is 30.2. The molecule has 0 radical (unpaired) electrons. The maximum absolute atomic E-state index is 4.77. The van der Waals surface area contributed by atoms with Crippen molar-refractivity contribution in [1.29, 1.82) is 0 Å². The summed E-state index contributed by atoms with van der Waals surface area (Å²) < 4.78 is 11.9. The molecule has 0 spiro atoms. The van der Waals surface area contributed by atoms with Crippen LogP contribution < -0.4 is 24.8 Å². The summed E-state index contributed by atoms with van der Waals surface area (Å²) in [4.78, 5) is 0. The van der Waals surface area contributed by atoms with Gasteiger partial charge < -0.3 is 24.8 Å². The van der Waals surface area contributed by atoms with Crippen LogP contribution in [0.1, 0.15) is 14.8 Å². The Morgan fingerprint density at radius 1 is 0.844 bits per heavy atom. The van der Waals surface area contributed by atoms with Gasteiger partial charge in [0.05, 0.1) is 0 Å². The Hall–Kier alpha value is 0.0338.